The van der Waals surface area contributed by atoms with Gasteiger partial charge in [-0.1, -0.05) is 60.7 Å². The van der Waals surface area contributed by atoms with Crippen LogP contribution in [0.4, 0.5) is 0 Å². The van der Waals surface area contributed by atoms with Gasteiger partial charge in [-0.05, 0) is 54.0 Å². The molecule has 1 fully saturated rings. The molecule has 4 heteroatoms. The summed E-state index contributed by atoms with van der Waals surface area (Å²) in [6.07, 6.45) is 6.33. The summed E-state index contributed by atoms with van der Waals surface area (Å²) < 4.78 is 0. The quantitative estimate of drug-likeness (QED) is 0.675. The summed E-state index contributed by atoms with van der Waals surface area (Å²) in [6, 6.07) is 23.7. The Labute approximate surface area is 178 Å². The number of rotatable bonds is 6. The molecule has 0 saturated carbocycles. The maximum atomic E-state index is 12.7. The van der Waals surface area contributed by atoms with Crippen LogP contribution in [-0.4, -0.2) is 34.0 Å². The molecular weight excluding hydrogens is 372 g/mol. The van der Waals surface area contributed by atoms with E-state index in [0.717, 1.165) is 36.0 Å². The van der Waals surface area contributed by atoms with Gasteiger partial charge in [0.15, 0.2) is 0 Å². The summed E-state index contributed by atoms with van der Waals surface area (Å²) in [5, 5.41) is 11.9. The number of aliphatic hydroxyl groups is 1. The fourth-order valence-corrected chi connectivity index (χ4v) is 4.53. The predicted octanol–water partition coefficient (Wildman–Crippen LogP) is 4.19. The van der Waals surface area contributed by atoms with Crippen molar-refractivity contribution in [2.45, 2.75) is 31.3 Å². The molecule has 1 amide bonds. The lowest BCUT2D eigenvalue weighted by atomic mass is 9.72. The van der Waals surface area contributed by atoms with E-state index in [1.807, 2.05) is 77.7 Å². The van der Waals surface area contributed by atoms with Crippen molar-refractivity contribution in [3.05, 3.63) is 102 Å². The van der Waals surface area contributed by atoms with E-state index in [-0.39, 0.29) is 11.8 Å². The lowest BCUT2D eigenvalue weighted by Crippen LogP contribution is -2.46. The molecule has 1 saturated heterocycles. The molecular formula is C26H28N2O2. The minimum atomic E-state index is -1.05. The molecule has 0 radical (unpaired) electrons. The van der Waals surface area contributed by atoms with Crippen molar-refractivity contribution in [1.29, 1.82) is 0 Å². The van der Waals surface area contributed by atoms with E-state index in [2.05, 4.69) is 4.98 Å². The topological polar surface area (TPSA) is 53.4 Å². The van der Waals surface area contributed by atoms with Gasteiger partial charge in [0.25, 0.3) is 0 Å². The van der Waals surface area contributed by atoms with Gasteiger partial charge in [0.05, 0.1) is 0 Å². The predicted molar refractivity (Wildman–Crippen MR) is 118 cm³/mol. The number of hydrogen-bond donors (Lipinski definition) is 1. The molecule has 0 bridgehead atoms. The third-order valence-corrected chi connectivity index (χ3v) is 6.24. The molecule has 30 heavy (non-hydrogen) atoms. The first-order valence-corrected chi connectivity index (χ1v) is 10.7. The molecule has 0 unspecified atom stereocenters. The minimum absolute atomic E-state index is 0.0616. The van der Waals surface area contributed by atoms with E-state index in [9.17, 15) is 9.90 Å². The molecule has 154 valence electrons. The van der Waals surface area contributed by atoms with Crippen LogP contribution in [0.2, 0.25) is 0 Å². The third kappa shape index (κ3) is 4.29. The van der Waals surface area contributed by atoms with E-state index in [1.54, 1.807) is 12.4 Å². The number of carbonyl (C=O) groups excluding carboxylic acids is 1. The number of piperidine rings is 1. The molecule has 2 heterocycles. The van der Waals surface area contributed by atoms with Crippen LogP contribution in [0.15, 0.2) is 85.2 Å². The SMILES string of the molecule is O=C(CCc1ccncc1)N1CCC(C(O)(c2ccccc2)c2ccccc2)CC1. The smallest absolute Gasteiger partial charge is 0.222 e. The summed E-state index contributed by atoms with van der Waals surface area (Å²) in [6.45, 7) is 1.36. The number of pyridine rings is 1. The summed E-state index contributed by atoms with van der Waals surface area (Å²) >= 11 is 0. The molecule has 4 rings (SSSR count). The Morgan fingerprint density at radius 3 is 1.97 bits per heavy atom. The van der Waals surface area contributed by atoms with Gasteiger partial charge in [0.2, 0.25) is 5.91 Å². The van der Waals surface area contributed by atoms with Crippen molar-refractivity contribution in [1.82, 2.24) is 9.88 Å². The Hall–Kier alpha value is -2.98. The molecule has 1 aliphatic heterocycles. The fraction of sp³-hybridized carbons (Fsp3) is 0.308. The van der Waals surface area contributed by atoms with Gasteiger partial charge in [-0.25, -0.2) is 0 Å². The van der Waals surface area contributed by atoms with E-state index in [4.69, 9.17) is 0 Å². The molecule has 1 N–H and O–H groups in total. The Balaban J connectivity index is 1.45. The highest BCUT2D eigenvalue weighted by Crippen LogP contribution is 2.41. The van der Waals surface area contributed by atoms with Gasteiger partial charge in [-0.2, -0.15) is 0 Å². The number of aromatic nitrogens is 1. The van der Waals surface area contributed by atoms with E-state index in [1.165, 1.54) is 0 Å². The van der Waals surface area contributed by atoms with Crippen molar-refractivity contribution in [3.8, 4) is 0 Å². The van der Waals surface area contributed by atoms with Crippen LogP contribution < -0.4 is 0 Å². The summed E-state index contributed by atoms with van der Waals surface area (Å²) in [4.78, 5) is 18.7. The second kappa shape index (κ2) is 9.23. The minimum Gasteiger partial charge on any atom is -0.380 e. The number of amides is 1. The van der Waals surface area contributed by atoms with Crippen LogP contribution in [0.1, 0.15) is 36.0 Å². The zero-order valence-electron chi connectivity index (χ0n) is 17.2. The highest BCUT2D eigenvalue weighted by atomic mass is 16.3. The summed E-state index contributed by atoms with van der Waals surface area (Å²) in [5.41, 5.74) is 1.92. The van der Waals surface area contributed by atoms with Gasteiger partial charge >= 0.3 is 0 Å². The van der Waals surface area contributed by atoms with Gasteiger partial charge in [-0.15, -0.1) is 0 Å². The average molecular weight is 401 g/mol. The first-order chi connectivity index (χ1) is 14.7. The Bertz CT molecular complexity index is 897. The van der Waals surface area contributed by atoms with Gasteiger partial charge < -0.3 is 10.0 Å². The fourth-order valence-electron chi connectivity index (χ4n) is 4.53. The first-order valence-electron chi connectivity index (χ1n) is 10.7. The van der Waals surface area contributed by atoms with E-state index in [0.29, 0.717) is 19.5 Å². The van der Waals surface area contributed by atoms with E-state index < -0.39 is 5.60 Å². The number of benzene rings is 2. The zero-order chi connectivity index (χ0) is 20.8. The van der Waals surface area contributed by atoms with Gasteiger partial charge in [-0.3, -0.25) is 9.78 Å². The number of hydrogen-bond acceptors (Lipinski definition) is 3. The molecule has 1 aromatic heterocycles. The maximum absolute atomic E-state index is 12.7. The van der Waals surface area contributed by atoms with Crippen LogP contribution in [0.5, 0.6) is 0 Å². The number of carbonyl (C=O) groups is 1. The Kier molecular flexibility index (Phi) is 6.24. The lowest BCUT2D eigenvalue weighted by molar-refractivity contribution is -0.134. The number of likely N-dealkylation sites (tertiary alicyclic amines) is 1. The second-order valence-electron chi connectivity index (χ2n) is 8.01. The van der Waals surface area contributed by atoms with Crippen LogP contribution in [0, 0.1) is 5.92 Å². The normalized spacial score (nSPS) is 15.2. The molecule has 0 aliphatic carbocycles. The molecule has 0 atom stereocenters. The van der Waals surface area contributed by atoms with Crippen molar-refractivity contribution in [2.75, 3.05) is 13.1 Å². The van der Waals surface area contributed by atoms with Crippen molar-refractivity contribution in [2.24, 2.45) is 5.92 Å². The molecule has 1 aliphatic rings. The first kappa shape index (κ1) is 20.3. The summed E-state index contributed by atoms with van der Waals surface area (Å²) in [7, 11) is 0. The van der Waals surface area contributed by atoms with Crippen LogP contribution >= 0.6 is 0 Å². The Morgan fingerprint density at radius 2 is 1.43 bits per heavy atom. The van der Waals surface area contributed by atoms with Crippen molar-refractivity contribution in [3.63, 3.8) is 0 Å². The van der Waals surface area contributed by atoms with Crippen molar-refractivity contribution < 1.29 is 9.90 Å². The largest absolute Gasteiger partial charge is 0.380 e. The number of nitrogens with zero attached hydrogens (tertiary/aromatic N) is 2. The van der Waals surface area contributed by atoms with E-state index >= 15 is 0 Å². The zero-order valence-corrected chi connectivity index (χ0v) is 17.2. The van der Waals surface area contributed by atoms with Gasteiger partial charge in [0.1, 0.15) is 5.60 Å². The standard InChI is InChI=1S/C26H28N2O2/c29-25(12-11-21-13-17-27-18-14-21)28-19-15-24(16-20-28)26(30,22-7-3-1-4-8-22)23-9-5-2-6-10-23/h1-10,13-14,17-18,24,30H,11-12,15-16,19-20H2. The number of aryl methyl sites for hydroxylation is 1. The Morgan fingerprint density at radius 1 is 0.900 bits per heavy atom. The summed E-state index contributed by atoms with van der Waals surface area (Å²) in [5.74, 6) is 0.250. The van der Waals surface area contributed by atoms with Gasteiger partial charge in [0, 0.05) is 31.9 Å². The van der Waals surface area contributed by atoms with Crippen LogP contribution in [-0.2, 0) is 16.8 Å². The molecule has 2 aromatic carbocycles. The molecule has 0 spiro atoms. The maximum Gasteiger partial charge on any atom is 0.222 e. The monoisotopic (exact) mass is 400 g/mol. The lowest BCUT2D eigenvalue weighted by Gasteiger charge is -2.42. The van der Waals surface area contributed by atoms with Crippen LogP contribution in [0.3, 0.4) is 0 Å². The molecule has 3 aromatic rings. The molecule has 4 nitrogen and oxygen atoms in total. The van der Waals surface area contributed by atoms with Crippen molar-refractivity contribution >= 4 is 5.91 Å². The second-order valence-corrected chi connectivity index (χ2v) is 8.01. The third-order valence-electron chi connectivity index (χ3n) is 6.24. The van der Waals surface area contributed by atoms with Crippen LogP contribution in [0.25, 0.3) is 0 Å². The highest BCUT2D eigenvalue weighted by Gasteiger charge is 2.41. The highest BCUT2D eigenvalue weighted by molar-refractivity contribution is 5.76. The average Bonchev–Trinajstić information content (AvgIpc) is 2.84.